The lowest BCUT2D eigenvalue weighted by Gasteiger charge is -2.28. The number of anilines is 1. The minimum atomic E-state index is -0.0700. The number of carbonyl (C=O) groups is 1. The number of thioether (sulfide) groups is 1. The molecule has 0 spiro atoms. The van der Waals surface area contributed by atoms with E-state index in [0.717, 1.165) is 36.8 Å². The Morgan fingerprint density at radius 1 is 1.20 bits per heavy atom. The second-order valence-electron chi connectivity index (χ2n) is 5.67. The van der Waals surface area contributed by atoms with Gasteiger partial charge in [-0.3, -0.25) is 4.79 Å². The maximum Gasteiger partial charge on any atom is 0.263 e. The standard InChI is InChI=1S/C18H22N4O2S/c1-2-7-20-17(23)14-3-5-15(6-4-14)24-18-16(19-8-9-21-18)22-10-12-25-13-11-22/h3-6,8-9H,2,7,10-13H2,1H3,(H,20,23). The minimum absolute atomic E-state index is 0.0700. The van der Waals surface area contributed by atoms with Crippen molar-refractivity contribution in [1.29, 1.82) is 0 Å². The van der Waals surface area contributed by atoms with Crippen LogP contribution in [0.2, 0.25) is 0 Å². The zero-order valence-corrected chi connectivity index (χ0v) is 15.1. The van der Waals surface area contributed by atoms with Gasteiger partial charge in [0.25, 0.3) is 11.8 Å². The lowest BCUT2D eigenvalue weighted by atomic mass is 10.2. The third-order valence-corrected chi connectivity index (χ3v) is 4.77. The third kappa shape index (κ3) is 4.63. The van der Waals surface area contributed by atoms with E-state index >= 15 is 0 Å². The summed E-state index contributed by atoms with van der Waals surface area (Å²) in [6.07, 6.45) is 4.23. The smallest absolute Gasteiger partial charge is 0.263 e. The highest BCUT2D eigenvalue weighted by Crippen LogP contribution is 2.29. The van der Waals surface area contributed by atoms with Gasteiger partial charge in [-0.2, -0.15) is 11.8 Å². The molecule has 1 N–H and O–H groups in total. The molecular weight excluding hydrogens is 336 g/mol. The average molecular weight is 358 g/mol. The van der Waals surface area contributed by atoms with Gasteiger partial charge in [0.05, 0.1) is 0 Å². The molecule has 6 nitrogen and oxygen atoms in total. The predicted molar refractivity (Wildman–Crippen MR) is 101 cm³/mol. The van der Waals surface area contributed by atoms with Crippen LogP contribution in [-0.2, 0) is 0 Å². The molecule has 3 rings (SSSR count). The number of amides is 1. The number of aromatic nitrogens is 2. The summed E-state index contributed by atoms with van der Waals surface area (Å²) >= 11 is 1.94. The molecule has 0 atom stereocenters. The lowest BCUT2D eigenvalue weighted by molar-refractivity contribution is 0.0953. The summed E-state index contributed by atoms with van der Waals surface area (Å²) < 4.78 is 5.92. The number of benzene rings is 1. The summed E-state index contributed by atoms with van der Waals surface area (Å²) in [7, 11) is 0. The molecular formula is C18H22N4O2S. The van der Waals surface area contributed by atoms with Crippen LogP contribution in [0.25, 0.3) is 0 Å². The molecule has 1 aromatic carbocycles. The quantitative estimate of drug-likeness (QED) is 0.856. The van der Waals surface area contributed by atoms with Crippen molar-refractivity contribution < 1.29 is 9.53 Å². The van der Waals surface area contributed by atoms with Crippen LogP contribution in [0.1, 0.15) is 23.7 Å². The largest absolute Gasteiger partial charge is 0.436 e. The second kappa shape index (κ2) is 8.71. The number of hydrogen-bond acceptors (Lipinski definition) is 6. The van der Waals surface area contributed by atoms with Crippen LogP contribution in [0.15, 0.2) is 36.7 Å². The third-order valence-electron chi connectivity index (χ3n) is 3.82. The lowest BCUT2D eigenvalue weighted by Crippen LogP contribution is -2.33. The Balaban J connectivity index is 1.71. The van der Waals surface area contributed by atoms with Gasteiger partial charge in [0.15, 0.2) is 5.82 Å². The Morgan fingerprint density at radius 2 is 1.92 bits per heavy atom. The van der Waals surface area contributed by atoms with Gasteiger partial charge in [-0.25, -0.2) is 9.97 Å². The topological polar surface area (TPSA) is 67.3 Å². The summed E-state index contributed by atoms with van der Waals surface area (Å²) in [6.45, 7) is 4.58. The molecule has 132 valence electrons. The molecule has 2 aromatic rings. The van der Waals surface area contributed by atoms with Gasteiger partial charge in [-0.1, -0.05) is 6.92 Å². The van der Waals surface area contributed by atoms with Gasteiger partial charge in [-0.05, 0) is 30.7 Å². The Hall–Kier alpha value is -2.28. The van der Waals surface area contributed by atoms with Crippen LogP contribution in [0.5, 0.6) is 11.6 Å². The van der Waals surface area contributed by atoms with Crippen molar-refractivity contribution >= 4 is 23.5 Å². The molecule has 1 aliphatic heterocycles. The van der Waals surface area contributed by atoms with Crippen LogP contribution < -0.4 is 15.0 Å². The summed E-state index contributed by atoms with van der Waals surface area (Å²) in [4.78, 5) is 22.9. The highest BCUT2D eigenvalue weighted by molar-refractivity contribution is 7.99. The van der Waals surface area contributed by atoms with E-state index in [9.17, 15) is 4.79 Å². The van der Waals surface area contributed by atoms with Gasteiger partial charge < -0.3 is 15.0 Å². The summed E-state index contributed by atoms with van der Waals surface area (Å²) in [5.41, 5.74) is 0.619. The average Bonchev–Trinajstić information content (AvgIpc) is 2.68. The van der Waals surface area contributed by atoms with Crippen LogP contribution >= 0.6 is 11.8 Å². The highest BCUT2D eigenvalue weighted by atomic mass is 32.2. The first-order valence-electron chi connectivity index (χ1n) is 8.47. The van der Waals surface area contributed by atoms with Crippen LogP contribution in [0.4, 0.5) is 5.82 Å². The number of nitrogens with zero attached hydrogens (tertiary/aromatic N) is 3. The predicted octanol–water partition coefficient (Wildman–Crippen LogP) is 2.96. The summed E-state index contributed by atoms with van der Waals surface area (Å²) in [6, 6.07) is 7.08. The van der Waals surface area contributed by atoms with E-state index in [2.05, 4.69) is 20.2 Å². The fraction of sp³-hybridized carbons (Fsp3) is 0.389. The van der Waals surface area contributed by atoms with Crippen molar-refractivity contribution in [2.45, 2.75) is 13.3 Å². The highest BCUT2D eigenvalue weighted by Gasteiger charge is 2.18. The van der Waals surface area contributed by atoms with Gasteiger partial charge in [-0.15, -0.1) is 0 Å². The van der Waals surface area contributed by atoms with E-state index in [4.69, 9.17) is 4.74 Å². The van der Waals surface area contributed by atoms with E-state index in [-0.39, 0.29) is 5.91 Å². The van der Waals surface area contributed by atoms with E-state index in [1.807, 2.05) is 18.7 Å². The number of hydrogen-bond donors (Lipinski definition) is 1. The Bertz CT molecular complexity index is 702. The second-order valence-corrected chi connectivity index (χ2v) is 6.89. The Kier molecular flexibility index (Phi) is 6.11. The molecule has 0 aliphatic carbocycles. The number of ether oxygens (including phenoxy) is 1. The zero-order chi connectivity index (χ0) is 17.5. The molecule has 7 heteroatoms. The van der Waals surface area contributed by atoms with E-state index in [0.29, 0.717) is 23.7 Å². The van der Waals surface area contributed by atoms with Crippen molar-refractivity contribution in [2.75, 3.05) is 36.0 Å². The van der Waals surface area contributed by atoms with E-state index < -0.39 is 0 Å². The summed E-state index contributed by atoms with van der Waals surface area (Å²) in [5.74, 6) is 4.00. The monoisotopic (exact) mass is 358 g/mol. The molecule has 2 heterocycles. The molecule has 1 saturated heterocycles. The molecule has 1 aliphatic rings. The molecule has 0 saturated carbocycles. The normalized spacial score (nSPS) is 14.2. The van der Waals surface area contributed by atoms with Gasteiger partial charge in [0.1, 0.15) is 5.75 Å². The van der Waals surface area contributed by atoms with Crippen molar-refractivity contribution in [3.05, 3.63) is 42.2 Å². The maximum absolute atomic E-state index is 12.0. The van der Waals surface area contributed by atoms with Gasteiger partial charge >= 0.3 is 0 Å². The molecule has 0 bridgehead atoms. The first kappa shape index (κ1) is 17.5. The van der Waals surface area contributed by atoms with Crippen LogP contribution in [0, 0.1) is 0 Å². The van der Waals surface area contributed by atoms with E-state index in [1.165, 1.54) is 0 Å². The first-order valence-corrected chi connectivity index (χ1v) is 9.63. The Morgan fingerprint density at radius 3 is 2.64 bits per heavy atom. The van der Waals surface area contributed by atoms with E-state index in [1.54, 1.807) is 36.7 Å². The van der Waals surface area contributed by atoms with Crippen molar-refractivity contribution in [3.8, 4) is 11.6 Å². The van der Waals surface area contributed by atoms with Crippen molar-refractivity contribution in [2.24, 2.45) is 0 Å². The minimum Gasteiger partial charge on any atom is -0.436 e. The van der Waals surface area contributed by atoms with Gasteiger partial charge in [0.2, 0.25) is 0 Å². The van der Waals surface area contributed by atoms with Crippen molar-refractivity contribution in [3.63, 3.8) is 0 Å². The number of carbonyl (C=O) groups excluding carboxylic acids is 1. The SMILES string of the molecule is CCCNC(=O)c1ccc(Oc2nccnc2N2CCSCC2)cc1. The molecule has 0 unspecified atom stereocenters. The fourth-order valence-electron chi connectivity index (χ4n) is 2.51. The summed E-state index contributed by atoms with van der Waals surface area (Å²) in [5, 5.41) is 2.86. The van der Waals surface area contributed by atoms with Crippen molar-refractivity contribution in [1.82, 2.24) is 15.3 Å². The van der Waals surface area contributed by atoms with Crippen LogP contribution in [0.3, 0.4) is 0 Å². The molecule has 1 aromatic heterocycles. The fourth-order valence-corrected chi connectivity index (χ4v) is 3.41. The number of rotatable bonds is 6. The van der Waals surface area contributed by atoms with Crippen LogP contribution in [-0.4, -0.2) is 47.0 Å². The maximum atomic E-state index is 12.0. The first-order chi connectivity index (χ1) is 12.3. The molecule has 1 amide bonds. The van der Waals surface area contributed by atoms with Gasteiger partial charge in [0, 0.05) is 49.1 Å². The molecule has 1 fully saturated rings. The Labute approximate surface area is 152 Å². The molecule has 0 radical (unpaired) electrons. The zero-order valence-electron chi connectivity index (χ0n) is 14.3. The number of nitrogens with one attached hydrogen (secondary N) is 1. The molecule has 25 heavy (non-hydrogen) atoms.